The lowest BCUT2D eigenvalue weighted by atomic mass is 10.2. The van der Waals surface area contributed by atoms with Crippen LogP contribution in [0, 0.1) is 0 Å². The van der Waals surface area contributed by atoms with Crippen LogP contribution < -0.4 is 4.74 Å². The fourth-order valence-corrected chi connectivity index (χ4v) is 1.16. The molecule has 1 aromatic rings. The van der Waals surface area contributed by atoms with Crippen LogP contribution in [0.3, 0.4) is 0 Å². The average molecular weight is 205 g/mol. The molecular weight excluding hydrogens is 199 g/mol. The SMILES string of the molecule is COc1cc(Cl)c(Cl)c(C=O)c1. The summed E-state index contributed by atoms with van der Waals surface area (Å²) in [6.45, 7) is 0. The summed E-state index contributed by atoms with van der Waals surface area (Å²) in [5.74, 6) is 0.520. The highest BCUT2D eigenvalue weighted by Gasteiger charge is 2.06. The van der Waals surface area contributed by atoms with Crippen molar-refractivity contribution in [2.24, 2.45) is 0 Å². The molecule has 2 nitrogen and oxygen atoms in total. The van der Waals surface area contributed by atoms with Gasteiger partial charge >= 0.3 is 0 Å². The molecule has 0 atom stereocenters. The van der Waals surface area contributed by atoms with E-state index < -0.39 is 0 Å². The van der Waals surface area contributed by atoms with Gasteiger partial charge in [-0.1, -0.05) is 23.2 Å². The van der Waals surface area contributed by atoms with Crippen LogP contribution in [0.1, 0.15) is 10.4 Å². The number of carbonyl (C=O) groups excluding carboxylic acids is 1. The van der Waals surface area contributed by atoms with E-state index in [-0.39, 0.29) is 5.02 Å². The van der Waals surface area contributed by atoms with Gasteiger partial charge in [0, 0.05) is 11.6 Å². The molecule has 0 bridgehead atoms. The van der Waals surface area contributed by atoms with E-state index in [0.717, 1.165) is 0 Å². The lowest BCUT2D eigenvalue weighted by molar-refractivity contribution is 0.112. The van der Waals surface area contributed by atoms with Crippen LogP contribution >= 0.6 is 23.2 Å². The molecule has 0 aliphatic carbocycles. The summed E-state index contributed by atoms with van der Waals surface area (Å²) in [6.07, 6.45) is 0.636. The first-order chi connectivity index (χ1) is 5.69. The van der Waals surface area contributed by atoms with Crippen LogP contribution in [0.4, 0.5) is 0 Å². The molecule has 0 aliphatic rings. The van der Waals surface area contributed by atoms with Crippen molar-refractivity contribution in [1.82, 2.24) is 0 Å². The van der Waals surface area contributed by atoms with E-state index in [1.54, 1.807) is 6.07 Å². The molecule has 1 rings (SSSR count). The van der Waals surface area contributed by atoms with Crippen LogP contribution in [-0.4, -0.2) is 13.4 Å². The second kappa shape index (κ2) is 3.78. The highest BCUT2D eigenvalue weighted by Crippen LogP contribution is 2.29. The predicted molar refractivity (Wildman–Crippen MR) is 48.4 cm³/mol. The molecule has 0 saturated heterocycles. The Balaban J connectivity index is 3.28. The first kappa shape index (κ1) is 9.36. The Morgan fingerprint density at radius 2 is 2.08 bits per heavy atom. The van der Waals surface area contributed by atoms with E-state index in [9.17, 15) is 4.79 Å². The largest absolute Gasteiger partial charge is 0.497 e. The molecule has 0 saturated carbocycles. The highest BCUT2D eigenvalue weighted by molar-refractivity contribution is 6.43. The van der Waals surface area contributed by atoms with E-state index in [0.29, 0.717) is 22.6 Å². The Morgan fingerprint density at radius 3 is 2.58 bits per heavy atom. The fraction of sp³-hybridized carbons (Fsp3) is 0.125. The minimum atomic E-state index is 0.257. The molecule has 0 amide bonds. The first-order valence-corrected chi connectivity index (χ1v) is 3.93. The van der Waals surface area contributed by atoms with Gasteiger partial charge in [0.25, 0.3) is 0 Å². The van der Waals surface area contributed by atoms with Crippen molar-refractivity contribution < 1.29 is 9.53 Å². The van der Waals surface area contributed by atoms with Gasteiger partial charge in [-0.3, -0.25) is 4.79 Å². The summed E-state index contributed by atoms with van der Waals surface area (Å²) in [5, 5.41) is 0.575. The molecule has 0 unspecified atom stereocenters. The number of benzene rings is 1. The standard InChI is InChI=1S/C8H6Cl2O2/c1-12-6-2-5(4-11)8(10)7(9)3-6/h2-4H,1H3. The van der Waals surface area contributed by atoms with Crippen LogP contribution in [-0.2, 0) is 0 Å². The predicted octanol–water partition coefficient (Wildman–Crippen LogP) is 2.81. The van der Waals surface area contributed by atoms with E-state index in [4.69, 9.17) is 27.9 Å². The lowest BCUT2D eigenvalue weighted by Gasteiger charge is -2.03. The van der Waals surface area contributed by atoms with Gasteiger partial charge < -0.3 is 4.74 Å². The van der Waals surface area contributed by atoms with E-state index >= 15 is 0 Å². The minimum Gasteiger partial charge on any atom is -0.497 e. The monoisotopic (exact) mass is 204 g/mol. The zero-order chi connectivity index (χ0) is 9.14. The smallest absolute Gasteiger partial charge is 0.151 e. The van der Waals surface area contributed by atoms with Gasteiger partial charge in [0.05, 0.1) is 17.2 Å². The molecular formula is C8H6Cl2O2. The van der Waals surface area contributed by atoms with Crippen LogP contribution in [0.2, 0.25) is 10.0 Å². The molecule has 4 heteroatoms. The maximum Gasteiger partial charge on any atom is 0.151 e. The molecule has 0 aromatic heterocycles. The Labute approximate surface area is 80.0 Å². The van der Waals surface area contributed by atoms with Crippen molar-refractivity contribution in [3.8, 4) is 5.75 Å². The summed E-state index contributed by atoms with van der Waals surface area (Å²) in [7, 11) is 1.49. The van der Waals surface area contributed by atoms with Gasteiger partial charge in [-0.25, -0.2) is 0 Å². The molecule has 0 heterocycles. The van der Waals surface area contributed by atoms with Gasteiger partial charge in [0.2, 0.25) is 0 Å². The van der Waals surface area contributed by atoms with Gasteiger partial charge in [-0.15, -0.1) is 0 Å². The van der Waals surface area contributed by atoms with Crippen molar-refractivity contribution in [2.45, 2.75) is 0 Å². The zero-order valence-electron chi connectivity index (χ0n) is 6.30. The summed E-state index contributed by atoms with van der Waals surface area (Å²) in [6, 6.07) is 3.08. The third-order valence-electron chi connectivity index (χ3n) is 1.39. The minimum absolute atomic E-state index is 0.257. The number of halogens is 2. The molecule has 0 aliphatic heterocycles. The van der Waals surface area contributed by atoms with Gasteiger partial charge in [0.1, 0.15) is 5.75 Å². The Kier molecular flexibility index (Phi) is 2.95. The highest BCUT2D eigenvalue weighted by atomic mass is 35.5. The van der Waals surface area contributed by atoms with Gasteiger partial charge in [-0.05, 0) is 6.07 Å². The van der Waals surface area contributed by atoms with E-state index in [1.807, 2.05) is 0 Å². The van der Waals surface area contributed by atoms with Crippen molar-refractivity contribution in [2.75, 3.05) is 7.11 Å². The van der Waals surface area contributed by atoms with Crippen molar-refractivity contribution in [3.63, 3.8) is 0 Å². The Bertz CT molecular complexity index is 310. The van der Waals surface area contributed by atoms with E-state index in [1.165, 1.54) is 13.2 Å². The number of ether oxygens (including phenoxy) is 1. The summed E-state index contributed by atoms with van der Waals surface area (Å²) < 4.78 is 4.89. The van der Waals surface area contributed by atoms with Crippen molar-refractivity contribution >= 4 is 29.5 Å². The molecule has 64 valence electrons. The normalized spacial score (nSPS) is 9.58. The second-order valence-electron chi connectivity index (χ2n) is 2.13. The second-order valence-corrected chi connectivity index (χ2v) is 2.92. The molecule has 0 spiro atoms. The third kappa shape index (κ3) is 1.71. The summed E-state index contributed by atoms with van der Waals surface area (Å²) in [4.78, 5) is 10.4. The molecule has 1 aromatic carbocycles. The summed E-state index contributed by atoms with van der Waals surface area (Å²) in [5.41, 5.74) is 0.334. The quantitative estimate of drug-likeness (QED) is 0.694. The van der Waals surface area contributed by atoms with Crippen LogP contribution in [0.5, 0.6) is 5.75 Å². The molecule has 0 N–H and O–H groups in total. The maximum atomic E-state index is 10.4. The maximum absolute atomic E-state index is 10.4. The fourth-order valence-electron chi connectivity index (χ4n) is 0.788. The van der Waals surface area contributed by atoms with Crippen molar-refractivity contribution in [3.05, 3.63) is 27.7 Å². The molecule has 0 fully saturated rings. The molecule has 12 heavy (non-hydrogen) atoms. The van der Waals surface area contributed by atoms with Crippen LogP contribution in [0.25, 0.3) is 0 Å². The number of hydrogen-bond donors (Lipinski definition) is 0. The number of aldehydes is 1. The van der Waals surface area contributed by atoms with E-state index in [2.05, 4.69) is 0 Å². The average Bonchev–Trinajstić information content (AvgIpc) is 2.09. The number of methoxy groups -OCH3 is 1. The number of carbonyl (C=O) groups is 1. The summed E-state index contributed by atoms with van der Waals surface area (Å²) >= 11 is 11.4. The third-order valence-corrected chi connectivity index (χ3v) is 2.21. The Morgan fingerprint density at radius 1 is 1.42 bits per heavy atom. The van der Waals surface area contributed by atoms with Crippen LogP contribution in [0.15, 0.2) is 12.1 Å². The van der Waals surface area contributed by atoms with Crippen molar-refractivity contribution in [1.29, 1.82) is 0 Å². The lowest BCUT2D eigenvalue weighted by Crippen LogP contribution is -1.88. The Hall–Kier alpha value is -0.730. The topological polar surface area (TPSA) is 26.3 Å². The zero-order valence-corrected chi connectivity index (χ0v) is 7.82. The van der Waals surface area contributed by atoms with Gasteiger partial charge in [0.15, 0.2) is 6.29 Å². The number of hydrogen-bond acceptors (Lipinski definition) is 2. The first-order valence-electron chi connectivity index (χ1n) is 3.17. The molecule has 0 radical (unpaired) electrons. The number of rotatable bonds is 2. The van der Waals surface area contributed by atoms with Gasteiger partial charge in [-0.2, -0.15) is 0 Å².